The van der Waals surface area contributed by atoms with E-state index in [1.54, 1.807) is 0 Å². The normalized spacial score (nSPS) is 17.3. The Morgan fingerprint density at radius 2 is 1.95 bits per heavy atom. The lowest BCUT2D eigenvalue weighted by Crippen LogP contribution is -2.46. The summed E-state index contributed by atoms with van der Waals surface area (Å²) >= 11 is 0. The van der Waals surface area contributed by atoms with Gasteiger partial charge in [0.2, 0.25) is 0 Å². The molecule has 22 heavy (non-hydrogen) atoms. The Morgan fingerprint density at radius 3 is 2.55 bits per heavy atom. The fourth-order valence-electron chi connectivity index (χ4n) is 2.91. The summed E-state index contributed by atoms with van der Waals surface area (Å²) in [6, 6.07) is 6.33. The highest BCUT2D eigenvalue weighted by Crippen LogP contribution is 2.24. The lowest BCUT2D eigenvalue weighted by molar-refractivity contribution is -0.128. The van der Waals surface area contributed by atoms with Crippen LogP contribution in [0.2, 0.25) is 0 Å². The topological polar surface area (TPSA) is 50.4 Å². The number of piperidine rings is 1. The molecule has 1 fully saturated rings. The summed E-state index contributed by atoms with van der Waals surface area (Å²) < 4.78 is 5.81. The molecule has 4 nitrogen and oxygen atoms in total. The monoisotopic (exact) mass is 304 g/mol. The molecule has 1 aromatic carbocycles. The summed E-state index contributed by atoms with van der Waals surface area (Å²) in [5.41, 5.74) is 2.53. The Balaban J connectivity index is 1.91. The molecule has 0 radical (unpaired) electrons. The Hall–Kier alpha value is -1.55. The van der Waals surface area contributed by atoms with Gasteiger partial charge in [0, 0.05) is 6.04 Å². The zero-order valence-electron chi connectivity index (χ0n) is 14.1. The van der Waals surface area contributed by atoms with Gasteiger partial charge in [0.05, 0.1) is 0 Å². The Labute approximate surface area is 133 Å². The van der Waals surface area contributed by atoms with Crippen molar-refractivity contribution in [2.75, 3.05) is 13.1 Å². The average molecular weight is 304 g/mol. The van der Waals surface area contributed by atoms with Crippen molar-refractivity contribution in [3.05, 3.63) is 29.3 Å². The lowest BCUT2D eigenvalue weighted by atomic mass is 9.98. The predicted molar refractivity (Wildman–Crippen MR) is 89.4 cm³/mol. The molecule has 0 bridgehead atoms. The molecule has 0 saturated carbocycles. The minimum absolute atomic E-state index is 0.0301. The van der Waals surface area contributed by atoms with Crippen molar-refractivity contribution >= 4 is 5.91 Å². The van der Waals surface area contributed by atoms with E-state index in [-0.39, 0.29) is 11.9 Å². The highest BCUT2D eigenvalue weighted by Gasteiger charge is 2.20. The molecule has 0 spiro atoms. The van der Waals surface area contributed by atoms with Crippen molar-refractivity contribution in [2.24, 2.45) is 0 Å². The SMILES string of the molecule is Cc1cc(OC(C)C(=O)NC2CCNCC2)ccc1C(C)C. The summed E-state index contributed by atoms with van der Waals surface area (Å²) in [7, 11) is 0. The maximum absolute atomic E-state index is 12.2. The van der Waals surface area contributed by atoms with Crippen LogP contribution in [0.15, 0.2) is 18.2 Å². The van der Waals surface area contributed by atoms with Crippen LogP contribution < -0.4 is 15.4 Å². The summed E-state index contributed by atoms with van der Waals surface area (Å²) in [6.07, 6.45) is 1.50. The molecule has 1 aliphatic rings. The van der Waals surface area contributed by atoms with Gasteiger partial charge in [-0.05, 0) is 69.0 Å². The van der Waals surface area contributed by atoms with Gasteiger partial charge in [-0.15, -0.1) is 0 Å². The molecule has 2 rings (SSSR count). The van der Waals surface area contributed by atoms with Gasteiger partial charge >= 0.3 is 0 Å². The predicted octanol–water partition coefficient (Wildman–Crippen LogP) is 2.75. The van der Waals surface area contributed by atoms with E-state index in [0.717, 1.165) is 31.7 Å². The van der Waals surface area contributed by atoms with Gasteiger partial charge < -0.3 is 15.4 Å². The summed E-state index contributed by atoms with van der Waals surface area (Å²) in [6.45, 7) is 10.2. The van der Waals surface area contributed by atoms with Crippen molar-refractivity contribution in [1.82, 2.24) is 10.6 Å². The molecule has 4 heteroatoms. The Morgan fingerprint density at radius 1 is 1.27 bits per heavy atom. The van der Waals surface area contributed by atoms with Crippen LogP contribution >= 0.6 is 0 Å². The number of hydrogen-bond acceptors (Lipinski definition) is 3. The molecule has 1 amide bonds. The number of hydrogen-bond donors (Lipinski definition) is 2. The zero-order chi connectivity index (χ0) is 16.1. The van der Waals surface area contributed by atoms with E-state index in [1.165, 1.54) is 11.1 Å². The van der Waals surface area contributed by atoms with E-state index in [2.05, 4.69) is 37.5 Å². The van der Waals surface area contributed by atoms with Gasteiger partial charge in [0.25, 0.3) is 5.91 Å². The molecule has 0 aromatic heterocycles. The molecule has 122 valence electrons. The van der Waals surface area contributed by atoms with E-state index in [0.29, 0.717) is 5.92 Å². The highest BCUT2D eigenvalue weighted by molar-refractivity contribution is 5.81. The van der Waals surface area contributed by atoms with Crippen LogP contribution in [-0.2, 0) is 4.79 Å². The van der Waals surface area contributed by atoms with Gasteiger partial charge in [-0.25, -0.2) is 0 Å². The third-order valence-corrected chi connectivity index (χ3v) is 4.23. The summed E-state index contributed by atoms with van der Waals surface area (Å²) in [5.74, 6) is 1.22. The van der Waals surface area contributed by atoms with Gasteiger partial charge in [0.1, 0.15) is 5.75 Å². The molecule has 1 heterocycles. The van der Waals surface area contributed by atoms with Crippen LogP contribution in [-0.4, -0.2) is 31.1 Å². The van der Waals surface area contributed by atoms with Crippen LogP contribution in [0.25, 0.3) is 0 Å². The number of carbonyl (C=O) groups excluding carboxylic acids is 1. The van der Waals surface area contributed by atoms with E-state index < -0.39 is 6.10 Å². The van der Waals surface area contributed by atoms with Gasteiger partial charge in [-0.3, -0.25) is 4.79 Å². The minimum atomic E-state index is -0.473. The summed E-state index contributed by atoms with van der Waals surface area (Å²) in [4.78, 5) is 12.2. The highest BCUT2D eigenvalue weighted by atomic mass is 16.5. The average Bonchev–Trinajstić information content (AvgIpc) is 2.47. The number of amides is 1. The number of benzene rings is 1. The summed E-state index contributed by atoms with van der Waals surface area (Å²) in [5, 5.41) is 6.37. The van der Waals surface area contributed by atoms with Crippen LogP contribution in [0.4, 0.5) is 0 Å². The Bertz CT molecular complexity index is 508. The van der Waals surface area contributed by atoms with Crippen LogP contribution in [0, 0.1) is 6.92 Å². The second-order valence-electron chi connectivity index (χ2n) is 6.47. The van der Waals surface area contributed by atoms with Crippen molar-refractivity contribution in [3.63, 3.8) is 0 Å². The number of carbonyl (C=O) groups is 1. The third-order valence-electron chi connectivity index (χ3n) is 4.23. The molecular weight excluding hydrogens is 276 g/mol. The third kappa shape index (κ3) is 4.47. The van der Waals surface area contributed by atoms with E-state index in [9.17, 15) is 4.79 Å². The lowest BCUT2D eigenvalue weighted by Gasteiger charge is -2.25. The van der Waals surface area contributed by atoms with Crippen molar-refractivity contribution in [3.8, 4) is 5.75 Å². The second-order valence-corrected chi connectivity index (χ2v) is 6.47. The minimum Gasteiger partial charge on any atom is -0.481 e. The van der Waals surface area contributed by atoms with Crippen LogP contribution in [0.3, 0.4) is 0 Å². The maximum atomic E-state index is 12.2. The first kappa shape index (κ1) is 16.8. The first-order valence-electron chi connectivity index (χ1n) is 8.25. The number of nitrogens with one attached hydrogen (secondary N) is 2. The second kappa shape index (κ2) is 7.63. The van der Waals surface area contributed by atoms with Crippen LogP contribution in [0.1, 0.15) is 50.7 Å². The van der Waals surface area contributed by atoms with Gasteiger partial charge in [0.15, 0.2) is 6.10 Å². The number of aryl methyl sites for hydroxylation is 1. The zero-order valence-corrected chi connectivity index (χ0v) is 14.1. The fourth-order valence-corrected chi connectivity index (χ4v) is 2.91. The fraction of sp³-hybridized carbons (Fsp3) is 0.611. The number of ether oxygens (including phenoxy) is 1. The van der Waals surface area contributed by atoms with Gasteiger partial charge in [-0.1, -0.05) is 19.9 Å². The van der Waals surface area contributed by atoms with Crippen molar-refractivity contribution in [2.45, 2.75) is 58.6 Å². The molecular formula is C18H28N2O2. The molecule has 0 aliphatic carbocycles. The van der Waals surface area contributed by atoms with Crippen molar-refractivity contribution < 1.29 is 9.53 Å². The van der Waals surface area contributed by atoms with E-state index >= 15 is 0 Å². The molecule has 1 saturated heterocycles. The van der Waals surface area contributed by atoms with Gasteiger partial charge in [-0.2, -0.15) is 0 Å². The molecule has 1 atom stereocenters. The molecule has 1 unspecified atom stereocenters. The molecule has 2 N–H and O–H groups in total. The van der Waals surface area contributed by atoms with E-state index in [1.807, 2.05) is 19.1 Å². The number of rotatable bonds is 5. The molecule has 1 aromatic rings. The van der Waals surface area contributed by atoms with Crippen molar-refractivity contribution in [1.29, 1.82) is 0 Å². The quantitative estimate of drug-likeness (QED) is 0.879. The first-order valence-corrected chi connectivity index (χ1v) is 8.25. The standard InChI is InChI=1S/C18H28N2O2/c1-12(2)17-6-5-16(11-13(17)3)22-14(4)18(21)20-15-7-9-19-10-8-15/h5-6,11-12,14-15,19H,7-10H2,1-4H3,(H,20,21). The Kier molecular flexibility index (Phi) is 5.83. The maximum Gasteiger partial charge on any atom is 0.260 e. The van der Waals surface area contributed by atoms with E-state index in [4.69, 9.17) is 4.74 Å². The smallest absolute Gasteiger partial charge is 0.260 e. The van der Waals surface area contributed by atoms with Crippen LogP contribution in [0.5, 0.6) is 5.75 Å². The first-order chi connectivity index (χ1) is 10.5. The largest absolute Gasteiger partial charge is 0.481 e. The molecule has 1 aliphatic heterocycles.